The lowest BCUT2D eigenvalue weighted by atomic mass is 10.3. The van der Waals surface area contributed by atoms with E-state index in [0.717, 1.165) is 0 Å². The molecule has 0 amide bonds. The van der Waals surface area contributed by atoms with Crippen LogP contribution in [0.5, 0.6) is 0 Å². The summed E-state index contributed by atoms with van der Waals surface area (Å²) < 4.78 is 39.7. The number of hydrogen-bond donors (Lipinski definition) is 1. The Kier molecular flexibility index (Phi) is 4.05. The van der Waals surface area contributed by atoms with Crippen LogP contribution in [-0.4, -0.2) is 22.8 Å². The van der Waals surface area contributed by atoms with E-state index in [2.05, 4.69) is 14.7 Å². The average molecular weight is 236 g/mol. The molecule has 7 heteroatoms. The third kappa shape index (κ3) is 4.43. The van der Waals surface area contributed by atoms with Gasteiger partial charge in [-0.05, 0) is 6.42 Å². The minimum atomic E-state index is -4.37. The van der Waals surface area contributed by atoms with Crippen LogP contribution >= 0.6 is 0 Å². The number of hydrogen-bond acceptors (Lipinski definition) is 3. The van der Waals surface area contributed by atoms with Crippen molar-refractivity contribution in [1.82, 2.24) is 9.97 Å². The van der Waals surface area contributed by atoms with E-state index in [1.54, 1.807) is 6.92 Å². The number of halogens is 3. The van der Waals surface area contributed by atoms with E-state index in [9.17, 15) is 18.0 Å². The zero-order valence-corrected chi connectivity index (χ0v) is 8.60. The van der Waals surface area contributed by atoms with E-state index in [-0.39, 0.29) is 12.4 Å². The summed E-state index contributed by atoms with van der Waals surface area (Å²) in [5.41, 5.74) is 0.131. The monoisotopic (exact) mass is 236 g/mol. The van der Waals surface area contributed by atoms with E-state index in [0.29, 0.717) is 12.1 Å². The molecule has 0 unspecified atom stereocenters. The quantitative estimate of drug-likeness (QED) is 0.859. The zero-order valence-electron chi connectivity index (χ0n) is 8.60. The molecule has 0 atom stereocenters. The number of aromatic amines is 1. The van der Waals surface area contributed by atoms with Gasteiger partial charge in [0.1, 0.15) is 19.0 Å². The van der Waals surface area contributed by atoms with Crippen LogP contribution in [0.1, 0.15) is 18.4 Å². The lowest BCUT2D eigenvalue weighted by Crippen LogP contribution is -2.19. The second kappa shape index (κ2) is 5.11. The summed E-state index contributed by atoms with van der Waals surface area (Å²) in [6, 6.07) is 1.30. The Morgan fingerprint density at radius 3 is 2.75 bits per heavy atom. The maximum Gasteiger partial charge on any atom is 0.411 e. The van der Waals surface area contributed by atoms with Gasteiger partial charge in [-0.3, -0.25) is 4.79 Å². The molecule has 0 bridgehead atoms. The number of H-pyrrole nitrogens is 1. The van der Waals surface area contributed by atoms with Crippen molar-refractivity contribution in [3.63, 3.8) is 0 Å². The largest absolute Gasteiger partial charge is 0.411 e. The van der Waals surface area contributed by atoms with Crippen molar-refractivity contribution in [2.24, 2.45) is 0 Å². The van der Waals surface area contributed by atoms with Crippen LogP contribution in [-0.2, 0) is 17.8 Å². The molecule has 1 aromatic rings. The molecule has 0 fully saturated rings. The molecule has 4 nitrogen and oxygen atoms in total. The van der Waals surface area contributed by atoms with E-state index >= 15 is 0 Å². The van der Waals surface area contributed by atoms with Gasteiger partial charge in [-0.1, -0.05) is 6.92 Å². The van der Waals surface area contributed by atoms with E-state index < -0.39 is 18.3 Å². The molecular formula is C9H11F3N2O2. The molecule has 0 saturated heterocycles. The fourth-order valence-electron chi connectivity index (χ4n) is 1.08. The molecule has 0 spiro atoms. The van der Waals surface area contributed by atoms with Crippen LogP contribution in [0.15, 0.2) is 10.9 Å². The van der Waals surface area contributed by atoms with Gasteiger partial charge in [0.15, 0.2) is 0 Å². The summed E-state index contributed by atoms with van der Waals surface area (Å²) in [5.74, 6) is 0.105. The minimum absolute atomic E-state index is 0.105. The van der Waals surface area contributed by atoms with Crippen molar-refractivity contribution >= 4 is 0 Å². The number of nitrogens with one attached hydrogen (secondary N) is 1. The van der Waals surface area contributed by atoms with Crippen LogP contribution in [0.25, 0.3) is 0 Å². The first-order valence-corrected chi connectivity index (χ1v) is 4.64. The Bertz CT molecular complexity index is 400. The number of ether oxygens (including phenoxy) is 1. The molecular weight excluding hydrogens is 225 g/mol. The van der Waals surface area contributed by atoms with Gasteiger partial charge >= 0.3 is 6.18 Å². The average Bonchev–Trinajstić information content (AvgIpc) is 2.14. The molecule has 0 aliphatic carbocycles. The van der Waals surface area contributed by atoms with Crippen LogP contribution in [0.3, 0.4) is 0 Å². The van der Waals surface area contributed by atoms with Gasteiger partial charge in [0.05, 0.1) is 0 Å². The Hall–Kier alpha value is -1.37. The third-order valence-corrected chi connectivity index (χ3v) is 1.71. The number of aryl methyl sites for hydroxylation is 1. The second-order valence-electron chi connectivity index (χ2n) is 3.14. The maximum atomic E-state index is 11.8. The smallest absolute Gasteiger partial charge is 0.364 e. The fraction of sp³-hybridized carbons (Fsp3) is 0.556. The van der Waals surface area contributed by atoms with Gasteiger partial charge in [0, 0.05) is 11.8 Å². The lowest BCUT2D eigenvalue weighted by Gasteiger charge is -2.07. The highest BCUT2D eigenvalue weighted by Crippen LogP contribution is 2.14. The summed E-state index contributed by atoms with van der Waals surface area (Å²) in [6.07, 6.45) is -3.83. The van der Waals surface area contributed by atoms with Crippen molar-refractivity contribution in [2.45, 2.75) is 26.1 Å². The SMILES string of the molecule is CCc1cc(=O)[nH]c(COCC(F)(F)F)n1. The number of alkyl halides is 3. The van der Waals surface area contributed by atoms with Crippen molar-refractivity contribution in [2.75, 3.05) is 6.61 Å². The normalized spacial score (nSPS) is 11.8. The second-order valence-corrected chi connectivity index (χ2v) is 3.14. The van der Waals surface area contributed by atoms with Crippen molar-refractivity contribution in [3.05, 3.63) is 27.9 Å². The van der Waals surface area contributed by atoms with Crippen LogP contribution in [0.2, 0.25) is 0 Å². The topological polar surface area (TPSA) is 55.0 Å². The first kappa shape index (κ1) is 12.7. The highest BCUT2D eigenvalue weighted by Gasteiger charge is 2.27. The fourth-order valence-corrected chi connectivity index (χ4v) is 1.08. The number of aromatic nitrogens is 2. The first-order valence-electron chi connectivity index (χ1n) is 4.64. The Morgan fingerprint density at radius 2 is 2.19 bits per heavy atom. The van der Waals surface area contributed by atoms with Crippen molar-refractivity contribution < 1.29 is 17.9 Å². The summed E-state index contributed by atoms with van der Waals surface area (Å²) in [4.78, 5) is 17.3. The first-order chi connectivity index (χ1) is 7.40. The molecule has 0 aromatic carbocycles. The van der Waals surface area contributed by atoms with Gasteiger partial charge in [-0.15, -0.1) is 0 Å². The molecule has 1 rings (SSSR count). The molecule has 16 heavy (non-hydrogen) atoms. The molecule has 0 saturated carbocycles. The maximum absolute atomic E-state index is 11.8. The van der Waals surface area contributed by atoms with Crippen LogP contribution in [0.4, 0.5) is 13.2 Å². The van der Waals surface area contributed by atoms with E-state index in [1.807, 2.05) is 0 Å². The Morgan fingerprint density at radius 1 is 1.50 bits per heavy atom. The van der Waals surface area contributed by atoms with Crippen LogP contribution < -0.4 is 5.56 Å². The van der Waals surface area contributed by atoms with Crippen molar-refractivity contribution in [1.29, 1.82) is 0 Å². The molecule has 1 aromatic heterocycles. The standard InChI is InChI=1S/C9H11F3N2O2/c1-2-6-3-8(15)14-7(13-6)4-16-5-9(10,11)12/h3H,2,4-5H2,1H3,(H,13,14,15). The van der Waals surface area contributed by atoms with E-state index in [4.69, 9.17) is 0 Å². The molecule has 90 valence electrons. The highest BCUT2D eigenvalue weighted by molar-refractivity contribution is 5.01. The summed E-state index contributed by atoms with van der Waals surface area (Å²) in [7, 11) is 0. The minimum Gasteiger partial charge on any atom is -0.364 e. The Labute approximate surface area is 89.5 Å². The summed E-state index contributed by atoms with van der Waals surface area (Å²) in [6.45, 7) is 0.0811. The van der Waals surface area contributed by atoms with E-state index in [1.165, 1.54) is 6.07 Å². The number of nitrogens with zero attached hydrogens (tertiary/aromatic N) is 1. The molecule has 1 heterocycles. The van der Waals surface area contributed by atoms with Gasteiger partial charge in [-0.25, -0.2) is 4.98 Å². The molecule has 1 N–H and O–H groups in total. The Balaban J connectivity index is 2.60. The predicted molar refractivity (Wildman–Crippen MR) is 49.9 cm³/mol. The third-order valence-electron chi connectivity index (χ3n) is 1.71. The lowest BCUT2D eigenvalue weighted by molar-refractivity contribution is -0.177. The molecule has 0 aliphatic rings. The van der Waals surface area contributed by atoms with Gasteiger partial charge in [-0.2, -0.15) is 13.2 Å². The van der Waals surface area contributed by atoms with Crippen LogP contribution in [0, 0.1) is 0 Å². The van der Waals surface area contributed by atoms with Crippen molar-refractivity contribution in [3.8, 4) is 0 Å². The van der Waals surface area contributed by atoms with Gasteiger partial charge in [0.2, 0.25) is 0 Å². The van der Waals surface area contributed by atoms with Gasteiger partial charge < -0.3 is 9.72 Å². The molecule has 0 radical (unpaired) electrons. The molecule has 0 aliphatic heterocycles. The zero-order chi connectivity index (χ0) is 12.2. The summed E-state index contributed by atoms with van der Waals surface area (Å²) in [5, 5.41) is 0. The predicted octanol–water partition coefficient (Wildman–Crippen LogP) is 1.41. The summed E-state index contributed by atoms with van der Waals surface area (Å²) >= 11 is 0. The number of rotatable bonds is 4. The highest BCUT2D eigenvalue weighted by atomic mass is 19.4. The van der Waals surface area contributed by atoms with Gasteiger partial charge in [0.25, 0.3) is 5.56 Å².